The molecule has 0 unspecified atom stereocenters. The minimum atomic E-state index is 0.624. The Balaban J connectivity index is 1.97. The zero-order chi connectivity index (χ0) is 13.9. The largest absolute Gasteiger partial charge is 0.469 e. The molecule has 3 rings (SSSR count). The number of nitrogens with zero attached hydrogens (tertiary/aromatic N) is 1. The Kier molecular flexibility index (Phi) is 3.67. The van der Waals surface area contributed by atoms with Crippen molar-refractivity contribution in [3.63, 3.8) is 0 Å². The standard InChI is InChI=1S/C15H11ClN2OS/c16-12-5-3-10(4-6-12)14-9-11(15(20)18-17-14)8-13-2-1-7-19-13/h1-7,9H,8H2,(H,18,20). The number of nitrogens with one attached hydrogen (secondary N) is 1. The Bertz CT molecular complexity index is 763. The van der Waals surface area contributed by atoms with E-state index < -0.39 is 0 Å². The van der Waals surface area contributed by atoms with E-state index >= 15 is 0 Å². The third kappa shape index (κ3) is 2.81. The van der Waals surface area contributed by atoms with E-state index in [2.05, 4.69) is 10.2 Å². The summed E-state index contributed by atoms with van der Waals surface area (Å²) in [5.74, 6) is 0.873. The lowest BCUT2D eigenvalue weighted by Crippen LogP contribution is -1.95. The molecule has 0 bridgehead atoms. The molecule has 0 aliphatic heterocycles. The van der Waals surface area contributed by atoms with Gasteiger partial charge in [0.05, 0.1) is 12.0 Å². The molecule has 1 aromatic carbocycles. The third-order valence-electron chi connectivity index (χ3n) is 2.97. The first-order chi connectivity index (χ1) is 9.72. The van der Waals surface area contributed by atoms with Crippen LogP contribution < -0.4 is 0 Å². The SMILES string of the molecule is S=c1[nH]nc(-c2ccc(Cl)cc2)cc1Cc1ccco1. The average molecular weight is 303 g/mol. The maximum atomic E-state index is 5.89. The first-order valence-corrected chi connectivity index (χ1v) is 6.88. The zero-order valence-corrected chi connectivity index (χ0v) is 12.0. The fraction of sp³-hybridized carbons (Fsp3) is 0.0667. The van der Waals surface area contributed by atoms with Gasteiger partial charge in [-0.1, -0.05) is 36.0 Å². The maximum Gasteiger partial charge on any atom is 0.123 e. The Hall–Kier alpha value is -1.91. The van der Waals surface area contributed by atoms with Crippen molar-refractivity contribution in [1.29, 1.82) is 0 Å². The highest BCUT2D eigenvalue weighted by atomic mass is 35.5. The highest BCUT2D eigenvalue weighted by Crippen LogP contribution is 2.21. The second-order valence-corrected chi connectivity index (χ2v) is 5.22. The molecule has 20 heavy (non-hydrogen) atoms. The van der Waals surface area contributed by atoms with Gasteiger partial charge in [-0.05, 0) is 35.9 Å². The van der Waals surface area contributed by atoms with Crippen LogP contribution in [0.2, 0.25) is 5.02 Å². The molecule has 0 saturated heterocycles. The summed E-state index contributed by atoms with van der Waals surface area (Å²) in [6, 6.07) is 13.3. The van der Waals surface area contributed by atoms with Gasteiger partial charge in [-0.25, -0.2) is 0 Å². The Morgan fingerprint density at radius 1 is 1.20 bits per heavy atom. The number of H-pyrrole nitrogens is 1. The molecule has 0 amide bonds. The Labute approximate surface area is 126 Å². The molecule has 3 nitrogen and oxygen atoms in total. The van der Waals surface area contributed by atoms with Crippen molar-refractivity contribution in [2.24, 2.45) is 0 Å². The zero-order valence-electron chi connectivity index (χ0n) is 10.5. The molecule has 0 spiro atoms. The molecule has 0 aliphatic rings. The van der Waals surface area contributed by atoms with Crippen LogP contribution in [-0.2, 0) is 6.42 Å². The molecule has 0 radical (unpaired) electrons. The fourth-order valence-electron chi connectivity index (χ4n) is 1.95. The summed E-state index contributed by atoms with van der Waals surface area (Å²) in [7, 11) is 0. The van der Waals surface area contributed by atoms with E-state index in [1.54, 1.807) is 6.26 Å². The molecule has 2 aromatic heterocycles. The topological polar surface area (TPSA) is 41.8 Å². The van der Waals surface area contributed by atoms with E-state index in [-0.39, 0.29) is 0 Å². The molecular formula is C15H11ClN2OS. The summed E-state index contributed by atoms with van der Waals surface area (Å²) >= 11 is 11.2. The lowest BCUT2D eigenvalue weighted by Gasteiger charge is -2.04. The quantitative estimate of drug-likeness (QED) is 0.716. The molecule has 2 heterocycles. The molecule has 3 aromatic rings. The van der Waals surface area contributed by atoms with Gasteiger partial charge in [0.1, 0.15) is 10.4 Å². The van der Waals surface area contributed by atoms with Crippen LogP contribution >= 0.6 is 23.8 Å². The predicted octanol–water partition coefficient (Wildman–Crippen LogP) is 4.64. The monoisotopic (exact) mass is 302 g/mol. The second-order valence-electron chi connectivity index (χ2n) is 4.37. The van der Waals surface area contributed by atoms with E-state index in [9.17, 15) is 0 Å². The molecule has 1 N–H and O–H groups in total. The highest BCUT2D eigenvalue weighted by molar-refractivity contribution is 7.71. The third-order valence-corrected chi connectivity index (χ3v) is 3.57. The molecule has 0 atom stereocenters. The Morgan fingerprint density at radius 3 is 2.70 bits per heavy atom. The molecule has 100 valence electrons. The molecule has 0 aliphatic carbocycles. The number of rotatable bonds is 3. The lowest BCUT2D eigenvalue weighted by molar-refractivity contribution is 0.520. The minimum absolute atomic E-state index is 0.624. The van der Waals surface area contributed by atoms with Gasteiger partial charge in [-0.2, -0.15) is 5.10 Å². The van der Waals surface area contributed by atoms with E-state index in [0.717, 1.165) is 22.6 Å². The fourth-order valence-corrected chi connectivity index (χ4v) is 2.25. The number of aromatic nitrogens is 2. The molecule has 0 fully saturated rings. The van der Waals surface area contributed by atoms with Crippen LogP contribution in [0.25, 0.3) is 11.3 Å². The molecule has 0 saturated carbocycles. The summed E-state index contributed by atoms with van der Waals surface area (Å²) in [5.41, 5.74) is 2.80. The second kappa shape index (κ2) is 5.61. The van der Waals surface area contributed by atoms with Crippen molar-refractivity contribution < 1.29 is 4.42 Å². The maximum absolute atomic E-state index is 5.89. The van der Waals surface area contributed by atoms with Gasteiger partial charge in [0.15, 0.2) is 0 Å². The molecular weight excluding hydrogens is 292 g/mol. The van der Waals surface area contributed by atoms with Crippen LogP contribution in [0.15, 0.2) is 53.1 Å². The van der Waals surface area contributed by atoms with E-state index in [1.165, 1.54) is 0 Å². The van der Waals surface area contributed by atoms with Gasteiger partial charge >= 0.3 is 0 Å². The minimum Gasteiger partial charge on any atom is -0.469 e. The van der Waals surface area contributed by atoms with Gasteiger partial charge in [-0.15, -0.1) is 0 Å². The van der Waals surface area contributed by atoms with Gasteiger partial charge in [0.2, 0.25) is 0 Å². The summed E-state index contributed by atoms with van der Waals surface area (Å²) in [6.45, 7) is 0. The summed E-state index contributed by atoms with van der Waals surface area (Å²) in [4.78, 5) is 0. The highest BCUT2D eigenvalue weighted by Gasteiger charge is 2.06. The van der Waals surface area contributed by atoms with Crippen LogP contribution in [-0.4, -0.2) is 10.2 Å². The number of aromatic amines is 1. The summed E-state index contributed by atoms with van der Waals surface area (Å²) in [6.07, 6.45) is 2.30. The number of benzene rings is 1. The van der Waals surface area contributed by atoms with Crippen LogP contribution in [0.3, 0.4) is 0 Å². The van der Waals surface area contributed by atoms with Gasteiger partial charge in [0, 0.05) is 17.0 Å². The van der Waals surface area contributed by atoms with Gasteiger partial charge in [0.25, 0.3) is 0 Å². The van der Waals surface area contributed by atoms with Crippen molar-refractivity contribution in [3.05, 3.63) is 69.7 Å². The van der Waals surface area contributed by atoms with Gasteiger partial charge in [-0.3, -0.25) is 5.10 Å². The average Bonchev–Trinajstić information content (AvgIpc) is 2.95. The normalized spacial score (nSPS) is 10.7. The molecule has 5 heteroatoms. The smallest absolute Gasteiger partial charge is 0.123 e. The van der Waals surface area contributed by atoms with Crippen LogP contribution in [0.4, 0.5) is 0 Å². The lowest BCUT2D eigenvalue weighted by atomic mass is 10.1. The van der Waals surface area contributed by atoms with E-state index in [4.69, 9.17) is 28.2 Å². The van der Waals surface area contributed by atoms with E-state index in [0.29, 0.717) is 16.1 Å². The first kappa shape index (κ1) is 13.1. The van der Waals surface area contributed by atoms with Crippen molar-refractivity contribution in [2.45, 2.75) is 6.42 Å². The van der Waals surface area contributed by atoms with Crippen molar-refractivity contribution in [2.75, 3.05) is 0 Å². The number of halogens is 1. The van der Waals surface area contributed by atoms with Crippen molar-refractivity contribution >= 4 is 23.8 Å². The predicted molar refractivity (Wildman–Crippen MR) is 81.4 cm³/mol. The number of furan rings is 1. The van der Waals surface area contributed by atoms with Crippen molar-refractivity contribution in [1.82, 2.24) is 10.2 Å². The van der Waals surface area contributed by atoms with Crippen LogP contribution in [0.1, 0.15) is 11.3 Å². The number of hydrogen-bond donors (Lipinski definition) is 1. The van der Waals surface area contributed by atoms with Gasteiger partial charge < -0.3 is 4.42 Å². The van der Waals surface area contributed by atoms with Crippen molar-refractivity contribution in [3.8, 4) is 11.3 Å². The van der Waals surface area contributed by atoms with Crippen LogP contribution in [0, 0.1) is 4.64 Å². The summed E-state index contributed by atoms with van der Waals surface area (Å²) in [5, 5.41) is 7.85. The van der Waals surface area contributed by atoms with E-state index in [1.807, 2.05) is 42.5 Å². The summed E-state index contributed by atoms with van der Waals surface area (Å²) < 4.78 is 5.98. The Morgan fingerprint density at radius 2 is 2.00 bits per heavy atom. The number of hydrogen-bond acceptors (Lipinski definition) is 3. The first-order valence-electron chi connectivity index (χ1n) is 6.09. The van der Waals surface area contributed by atoms with Crippen LogP contribution in [0.5, 0.6) is 0 Å².